The summed E-state index contributed by atoms with van der Waals surface area (Å²) in [5.74, 6) is 0. The van der Waals surface area contributed by atoms with Crippen LogP contribution >= 0.6 is 11.3 Å². The Morgan fingerprint density at radius 2 is 2.62 bits per heavy atom. The lowest BCUT2D eigenvalue weighted by Crippen LogP contribution is -1.72. The zero-order valence-electron chi connectivity index (χ0n) is 4.38. The van der Waals surface area contributed by atoms with Gasteiger partial charge in [-0.2, -0.15) is 5.26 Å². The van der Waals surface area contributed by atoms with Gasteiger partial charge in [0.1, 0.15) is 6.07 Å². The van der Waals surface area contributed by atoms with Crippen LogP contribution in [-0.4, -0.2) is 4.98 Å². The molecule has 0 unspecified atom stereocenters. The van der Waals surface area contributed by atoms with Crippen LogP contribution in [0.15, 0.2) is 5.51 Å². The van der Waals surface area contributed by atoms with Gasteiger partial charge >= 0.3 is 0 Å². The third-order valence-electron chi connectivity index (χ3n) is 0.851. The Labute approximate surface area is 51.4 Å². The molecule has 0 aliphatic rings. The predicted molar refractivity (Wildman–Crippen MR) is 31.6 cm³/mol. The van der Waals surface area contributed by atoms with E-state index < -0.39 is 0 Å². The summed E-state index contributed by atoms with van der Waals surface area (Å²) in [5, 5.41) is 8.30. The highest BCUT2D eigenvalue weighted by Gasteiger charge is 1.95. The monoisotopic (exact) mass is 124 g/mol. The van der Waals surface area contributed by atoms with E-state index in [9.17, 15) is 0 Å². The van der Waals surface area contributed by atoms with Crippen molar-refractivity contribution in [3.63, 3.8) is 0 Å². The topological polar surface area (TPSA) is 36.7 Å². The normalized spacial score (nSPS) is 8.50. The fourth-order valence-corrected chi connectivity index (χ4v) is 0.939. The number of rotatable bonds is 0. The highest BCUT2D eigenvalue weighted by atomic mass is 32.1. The van der Waals surface area contributed by atoms with Gasteiger partial charge in [0.25, 0.3) is 0 Å². The van der Waals surface area contributed by atoms with Crippen LogP contribution in [0.5, 0.6) is 0 Å². The molecule has 0 saturated heterocycles. The average molecular weight is 124 g/mol. The molecular weight excluding hydrogens is 120 g/mol. The molecule has 1 heterocycles. The Kier molecular flexibility index (Phi) is 1.27. The number of aryl methyl sites for hydroxylation is 1. The molecule has 3 heteroatoms. The number of aromatic nitrogens is 1. The van der Waals surface area contributed by atoms with Crippen LogP contribution in [0.2, 0.25) is 0 Å². The fourth-order valence-electron chi connectivity index (χ4n) is 0.412. The molecule has 8 heavy (non-hydrogen) atoms. The first kappa shape index (κ1) is 5.26. The SMILES string of the molecule is Cc1scnc1C#N. The molecule has 0 fully saturated rings. The zero-order chi connectivity index (χ0) is 5.98. The van der Waals surface area contributed by atoms with Crippen LogP contribution < -0.4 is 0 Å². The Hall–Kier alpha value is -0.880. The van der Waals surface area contributed by atoms with E-state index >= 15 is 0 Å². The lowest BCUT2D eigenvalue weighted by molar-refractivity contribution is 1.30. The van der Waals surface area contributed by atoms with Crippen molar-refractivity contribution >= 4 is 11.3 Å². The molecule has 0 aromatic carbocycles. The summed E-state index contributed by atoms with van der Waals surface area (Å²) in [6, 6.07) is 1.97. The van der Waals surface area contributed by atoms with E-state index in [-0.39, 0.29) is 0 Å². The van der Waals surface area contributed by atoms with Crippen LogP contribution in [0.3, 0.4) is 0 Å². The zero-order valence-corrected chi connectivity index (χ0v) is 5.20. The first-order valence-electron chi connectivity index (χ1n) is 2.15. The van der Waals surface area contributed by atoms with E-state index in [1.54, 1.807) is 5.51 Å². The van der Waals surface area contributed by atoms with E-state index in [4.69, 9.17) is 5.26 Å². The third-order valence-corrected chi connectivity index (χ3v) is 1.61. The molecule has 0 amide bonds. The van der Waals surface area contributed by atoms with Crippen molar-refractivity contribution in [2.45, 2.75) is 6.92 Å². The van der Waals surface area contributed by atoms with Crippen LogP contribution in [0, 0.1) is 18.3 Å². The van der Waals surface area contributed by atoms with Crippen molar-refractivity contribution < 1.29 is 0 Å². The van der Waals surface area contributed by atoms with Crippen molar-refractivity contribution in [3.8, 4) is 6.07 Å². The summed E-state index contributed by atoms with van der Waals surface area (Å²) >= 11 is 1.50. The molecule has 1 aromatic heterocycles. The van der Waals surface area contributed by atoms with E-state index in [1.165, 1.54) is 11.3 Å². The first-order valence-corrected chi connectivity index (χ1v) is 3.02. The molecule has 2 nitrogen and oxygen atoms in total. The van der Waals surface area contributed by atoms with Crippen molar-refractivity contribution in [1.82, 2.24) is 4.98 Å². The maximum atomic E-state index is 8.30. The molecule has 0 saturated carbocycles. The van der Waals surface area contributed by atoms with Crippen molar-refractivity contribution in [2.75, 3.05) is 0 Å². The summed E-state index contributed by atoms with van der Waals surface area (Å²) in [6.45, 7) is 1.89. The minimum Gasteiger partial charge on any atom is -0.234 e. The van der Waals surface area contributed by atoms with Gasteiger partial charge in [0.2, 0.25) is 0 Å². The Bertz CT molecular complexity index is 221. The second-order valence-corrected chi connectivity index (χ2v) is 2.43. The molecule has 1 aromatic rings. The molecule has 0 aliphatic carbocycles. The summed E-state index contributed by atoms with van der Waals surface area (Å²) in [7, 11) is 0. The number of hydrogen-bond donors (Lipinski definition) is 0. The van der Waals surface area contributed by atoms with Crippen LogP contribution in [-0.2, 0) is 0 Å². The Morgan fingerprint density at radius 1 is 1.88 bits per heavy atom. The average Bonchev–Trinajstić information content (AvgIpc) is 2.14. The van der Waals surface area contributed by atoms with Gasteiger partial charge in [0.15, 0.2) is 5.69 Å². The fraction of sp³-hybridized carbons (Fsp3) is 0.200. The summed E-state index contributed by atoms with van der Waals surface area (Å²) in [6.07, 6.45) is 0. The van der Waals surface area contributed by atoms with Gasteiger partial charge in [-0.15, -0.1) is 11.3 Å². The van der Waals surface area contributed by atoms with E-state index in [0.29, 0.717) is 5.69 Å². The number of thiazole rings is 1. The largest absolute Gasteiger partial charge is 0.234 e. The highest BCUT2D eigenvalue weighted by Crippen LogP contribution is 2.08. The van der Waals surface area contributed by atoms with Gasteiger partial charge in [0.05, 0.1) is 5.51 Å². The summed E-state index contributed by atoms with van der Waals surface area (Å²) < 4.78 is 0. The minimum absolute atomic E-state index is 0.551. The Balaban J connectivity index is 3.15. The summed E-state index contributed by atoms with van der Waals surface area (Å²) in [4.78, 5) is 4.78. The molecule has 0 atom stereocenters. The quantitative estimate of drug-likeness (QED) is 0.523. The van der Waals surface area contributed by atoms with Gasteiger partial charge in [-0.1, -0.05) is 0 Å². The molecule has 0 bridgehead atoms. The molecule has 0 N–H and O–H groups in total. The van der Waals surface area contributed by atoms with Gasteiger partial charge in [-0.05, 0) is 6.92 Å². The van der Waals surface area contributed by atoms with Crippen molar-refractivity contribution in [2.24, 2.45) is 0 Å². The van der Waals surface area contributed by atoms with Crippen LogP contribution in [0.1, 0.15) is 10.6 Å². The maximum absolute atomic E-state index is 8.30. The lowest BCUT2D eigenvalue weighted by Gasteiger charge is -1.74. The molecule has 40 valence electrons. The number of hydrogen-bond acceptors (Lipinski definition) is 3. The lowest BCUT2D eigenvalue weighted by atomic mass is 10.4. The second kappa shape index (κ2) is 1.93. The molecular formula is C5H4N2S. The Morgan fingerprint density at radius 3 is 2.88 bits per heavy atom. The standard InChI is InChI=1S/C5H4N2S/c1-4-5(2-6)7-3-8-4/h3H,1H3. The smallest absolute Gasteiger partial charge is 0.154 e. The van der Waals surface area contributed by atoms with Gasteiger partial charge in [-0.25, -0.2) is 4.98 Å². The van der Waals surface area contributed by atoms with Gasteiger partial charge < -0.3 is 0 Å². The van der Waals surface area contributed by atoms with Gasteiger partial charge in [0, 0.05) is 4.88 Å². The van der Waals surface area contributed by atoms with Crippen molar-refractivity contribution in [1.29, 1.82) is 5.26 Å². The van der Waals surface area contributed by atoms with Crippen LogP contribution in [0.25, 0.3) is 0 Å². The van der Waals surface area contributed by atoms with Crippen molar-refractivity contribution in [3.05, 3.63) is 16.1 Å². The highest BCUT2D eigenvalue weighted by molar-refractivity contribution is 7.09. The van der Waals surface area contributed by atoms with E-state index in [1.807, 2.05) is 13.0 Å². The maximum Gasteiger partial charge on any atom is 0.154 e. The number of nitriles is 1. The van der Waals surface area contributed by atoms with Gasteiger partial charge in [-0.3, -0.25) is 0 Å². The van der Waals surface area contributed by atoms with Crippen LogP contribution in [0.4, 0.5) is 0 Å². The predicted octanol–water partition coefficient (Wildman–Crippen LogP) is 1.32. The van der Waals surface area contributed by atoms with E-state index in [0.717, 1.165) is 4.88 Å². The molecule has 0 radical (unpaired) electrons. The third kappa shape index (κ3) is 0.703. The molecule has 0 aliphatic heterocycles. The minimum atomic E-state index is 0.551. The molecule has 0 spiro atoms. The molecule has 1 rings (SSSR count). The second-order valence-electron chi connectivity index (χ2n) is 1.37. The first-order chi connectivity index (χ1) is 3.84. The number of nitrogens with zero attached hydrogens (tertiary/aromatic N) is 2. The van der Waals surface area contributed by atoms with E-state index in [2.05, 4.69) is 4.98 Å². The summed E-state index contributed by atoms with van der Waals surface area (Å²) in [5.41, 5.74) is 2.23.